The normalized spacial score (nSPS) is 14.9. The van der Waals surface area contributed by atoms with Crippen LogP contribution in [0.2, 0.25) is 0 Å². The minimum absolute atomic E-state index is 0.00444. The number of rotatable bonds is 4. The molecule has 8 heteroatoms. The number of fused-ring (bicyclic) bond motifs is 1. The first kappa shape index (κ1) is 17.1. The van der Waals surface area contributed by atoms with Crippen molar-refractivity contribution in [2.24, 2.45) is 4.40 Å². The number of anilines is 2. The molecular weight excluding hydrogens is 345 g/mol. The summed E-state index contributed by atoms with van der Waals surface area (Å²) >= 11 is 0. The summed E-state index contributed by atoms with van der Waals surface area (Å²) in [5.41, 5.74) is 1.09. The largest absolute Gasteiger partial charge is 0.331 e. The number of benzene rings is 2. The van der Waals surface area contributed by atoms with E-state index in [0.29, 0.717) is 17.9 Å². The summed E-state index contributed by atoms with van der Waals surface area (Å²) < 4.78 is 40.9. The number of carbonyl (C=O) groups is 1. The predicted molar refractivity (Wildman–Crippen MR) is 94.1 cm³/mol. The average molecular weight is 361 g/mol. The van der Waals surface area contributed by atoms with Crippen molar-refractivity contribution in [3.63, 3.8) is 0 Å². The Morgan fingerprint density at radius 3 is 2.60 bits per heavy atom. The summed E-state index contributed by atoms with van der Waals surface area (Å²) in [6.07, 6.45) is 2.11. The van der Waals surface area contributed by atoms with E-state index in [-0.39, 0.29) is 10.5 Å². The van der Waals surface area contributed by atoms with Gasteiger partial charge in [0, 0.05) is 17.8 Å². The van der Waals surface area contributed by atoms with Gasteiger partial charge in [0.2, 0.25) is 0 Å². The molecule has 130 valence electrons. The molecule has 1 amide bonds. The minimum Gasteiger partial charge on any atom is -0.331 e. The molecule has 0 aromatic heterocycles. The van der Waals surface area contributed by atoms with Crippen LogP contribution in [0.3, 0.4) is 0 Å². The number of nitrogens with zero attached hydrogens (tertiary/aromatic N) is 2. The number of carbonyl (C=O) groups excluding carboxylic acids is 1. The van der Waals surface area contributed by atoms with Crippen molar-refractivity contribution in [1.82, 2.24) is 0 Å². The van der Waals surface area contributed by atoms with E-state index in [1.807, 2.05) is 6.92 Å². The first-order chi connectivity index (χ1) is 11.9. The van der Waals surface area contributed by atoms with E-state index in [9.17, 15) is 17.6 Å². The van der Waals surface area contributed by atoms with Crippen LogP contribution >= 0.6 is 0 Å². The Hall–Kier alpha value is -2.74. The molecule has 3 rings (SSSR count). The molecule has 0 radical (unpaired) electrons. The van der Waals surface area contributed by atoms with Crippen LogP contribution in [0.15, 0.2) is 51.8 Å². The van der Waals surface area contributed by atoms with Crippen LogP contribution < -0.4 is 10.2 Å². The first-order valence-electron chi connectivity index (χ1n) is 7.69. The Bertz CT molecular complexity index is 940. The number of halogens is 1. The topological polar surface area (TPSA) is 78.8 Å². The second-order valence-corrected chi connectivity index (χ2v) is 7.13. The summed E-state index contributed by atoms with van der Waals surface area (Å²) in [5, 5.41) is 2.60. The molecule has 0 aliphatic carbocycles. The van der Waals surface area contributed by atoms with Crippen molar-refractivity contribution >= 4 is 33.6 Å². The lowest BCUT2D eigenvalue weighted by molar-refractivity contribution is 0.102. The van der Waals surface area contributed by atoms with Crippen molar-refractivity contribution in [1.29, 1.82) is 0 Å². The maximum Gasteiger partial charge on any atom is 0.285 e. The molecule has 0 saturated carbocycles. The second kappa shape index (κ2) is 6.64. The Balaban J connectivity index is 1.92. The predicted octanol–water partition coefficient (Wildman–Crippen LogP) is 3.03. The smallest absolute Gasteiger partial charge is 0.285 e. The van der Waals surface area contributed by atoms with Gasteiger partial charge in [-0.25, -0.2) is 4.39 Å². The molecule has 0 saturated heterocycles. The van der Waals surface area contributed by atoms with Gasteiger partial charge in [-0.15, -0.1) is 4.40 Å². The minimum atomic E-state index is -3.83. The number of hydrogen-bond acceptors (Lipinski definition) is 4. The van der Waals surface area contributed by atoms with Crippen LogP contribution in [0.4, 0.5) is 15.8 Å². The molecule has 6 nitrogen and oxygen atoms in total. The van der Waals surface area contributed by atoms with Crippen molar-refractivity contribution in [3.05, 3.63) is 53.8 Å². The van der Waals surface area contributed by atoms with E-state index in [4.69, 9.17) is 0 Å². The van der Waals surface area contributed by atoms with Crippen molar-refractivity contribution in [2.75, 3.05) is 16.8 Å². The summed E-state index contributed by atoms with van der Waals surface area (Å²) in [7, 11) is -3.83. The highest BCUT2D eigenvalue weighted by molar-refractivity contribution is 7.90. The van der Waals surface area contributed by atoms with Gasteiger partial charge < -0.3 is 10.2 Å². The Morgan fingerprint density at radius 2 is 1.92 bits per heavy atom. The quantitative estimate of drug-likeness (QED) is 0.908. The zero-order chi connectivity index (χ0) is 18.0. The maximum absolute atomic E-state index is 12.9. The molecule has 0 unspecified atom stereocenters. The van der Waals surface area contributed by atoms with Crippen LogP contribution in [-0.4, -0.2) is 27.2 Å². The number of sulfonamides is 1. The molecule has 0 spiro atoms. The average Bonchev–Trinajstić information content (AvgIpc) is 2.59. The van der Waals surface area contributed by atoms with Crippen molar-refractivity contribution < 1.29 is 17.6 Å². The van der Waals surface area contributed by atoms with Gasteiger partial charge in [0.25, 0.3) is 15.9 Å². The van der Waals surface area contributed by atoms with Crippen molar-refractivity contribution in [3.8, 4) is 0 Å². The molecule has 0 atom stereocenters. The molecule has 0 bridgehead atoms. The summed E-state index contributed by atoms with van der Waals surface area (Å²) in [4.78, 5) is 14.1. The van der Waals surface area contributed by atoms with Crippen LogP contribution in [-0.2, 0) is 10.0 Å². The van der Waals surface area contributed by atoms with Crippen LogP contribution in [0, 0.1) is 5.82 Å². The molecule has 1 aliphatic rings. The fourth-order valence-electron chi connectivity index (χ4n) is 2.49. The fraction of sp³-hybridized carbons (Fsp3) is 0.176. The van der Waals surface area contributed by atoms with Gasteiger partial charge in [0.1, 0.15) is 17.1 Å². The molecule has 2 aromatic rings. The monoisotopic (exact) mass is 361 g/mol. The molecule has 2 aromatic carbocycles. The zero-order valence-electron chi connectivity index (χ0n) is 13.4. The standard InChI is InChI=1S/C17H16FN3O3S/c1-2-9-21-11-19-25(23,24)16-10-12(3-8-15(16)21)17(22)20-14-6-4-13(18)5-7-14/h3-8,10-11H,2,9H2,1H3,(H,20,22). The second-order valence-electron chi connectivity index (χ2n) is 5.53. The Labute approximate surface area is 145 Å². The van der Waals surface area contributed by atoms with Crippen LogP contribution in [0.25, 0.3) is 0 Å². The Kier molecular flexibility index (Phi) is 4.54. The lowest BCUT2D eigenvalue weighted by Gasteiger charge is -2.25. The van der Waals surface area contributed by atoms with Gasteiger partial charge in [-0.05, 0) is 48.9 Å². The summed E-state index contributed by atoms with van der Waals surface area (Å²) in [6.45, 7) is 2.59. The van der Waals surface area contributed by atoms with Gasteiger partial charge in [-0.1, -0.05) is 6.92 Å². The SMILES string of the molecule is CCCN1C=NS(=O)(=O)c2cc(C(=O)Nc3ccc(F)cc3)ccc21. The fourth-order valence-corrected chi connectivity index (χ4v) is 3.57. The van der Waals surface area contributed by atoms with E-state index in [1.165, 1.54) is 36.7 Å². The van der Waals surface area contributed by atoms with Gasteiger partial charge in [-0.2, -0.15) is 8.42 Å². The van der Waals surface area contributed by atoms with Gasteiger partial charge >= 0.3 is 0 Å². The third-order valence-electron chi connectivity index (χ3n) is 3.70. The summed E-state index contributed by atoms with van der Waals surface area (Å²) in [5.74, 6) is -0.895. The van der Waals surface area contributed by atoms with E-state index >= 15 is 0 Å². The van der Waals surface area contributed by atoms with Gasteiger partial charge in [0.15, 0.2) is 0 Å². The lowest BCUT2D eigenvalue weighted by atomic mass is 10.1. The van der Waals surface area contributed by atoms with Crippen LogP contribution in [0.1, 0.15) is 23.7 Å². The molecular formula is C17H16FN3O3S. The molecule has 25 heavy (non-hydrogen) atoms. The third kappa shape index (κ3) is 3.53. The third-order valence-corrected chi connectivity index (χ3v) is 4.96. The highest BCUT2D eigenvalue weighted by Crippen LogP contribution is 2.31. The van der Waals surface area contributed by atoms with E-state index in [0.717, 1.165) is 6.42 Å². The van der Waals surface area contributed by atoms with E-state index in [1.54, 1.807) is 17.0 Å². The summed E-state index contributed by atoms with van der Waals surface area (Å²) in [6, 6.07) is 9.75. The molecule has 1 aliphatic heterocycles. The van der Waals surface area contributed by atoms with E-state index in [2.05, 4.69) is 9.71 Å². The molecule has 1 N–H and O–H groups in total. The maximum atomic E-state index is 12.9. The van der Waals surface area contributed by atoms with Crippen LogP contribution in [0.5, 0.6) is 0 Å². The first-order valence-corrected chi connectivity index (χ1v) is 9.13. The lowest BCUT2D eigenvalue weighted by Crippen LogP contribution is -2.28. The molecule has 1 heterocycles. The highest BCUT2D eigenvalue weighted by Gasteiger charge is 2.26. The molecule has 0 fully saturated rings. The van der Waals surface area contributed by atoms with Crippen molar-refractivity contribution in [2.45, 2.75) is 18.2 Å². The van der Waals surface area contributed by atoms with Gasteiger partial charge in [-0.3, -0.25) is 4.79 Å². The number of hydrogen-bond donors (Lipinski definition) is 1. The Morgan fingerprint density at radius 1 is 1.20 bits per heavy atom. The van der Waals surface area contributed by atoms with E-state index < -0.39 is 21.7 Å². The highest BCUT2D eigenvalue weighted by atomic mass is 32.2. The zero-order valence-corrected chi connectivity index (χ0v) is 14.3. The van der Waals surface area contributed by atoms with Gasteiger partial charge in [0.05, 0.1) is 5.69 Å². The number of amides is 1. The number of nitrogens with one attached hydrogen (secondary N) is 1.